The van der Waals surface area contributed by atoms with Crippen molar-refractivity contribution in [3.8, 4) is 11.5 Å². The highest BCUT2D eigenvalue weighted by molar-refractivity contribution is 7.92. The molecule has 0 radical (unpaired) electrons. The highest BCUT2D eigenvalue weighted by Gasteiger charge is 2.35. The second-order valence-electron chi connectivity index (χ2n) is 9.87. The Morgan fingerprint density at radius 2 is 1.73 bits per heavy atom. The molecule has 0 fully saturated rings. The summed E-state index contributed by atoms with van der Waals surface area (Å²) >= 11 is 6.25. The summed E-state index contributed by atoms with van der Waals surface area (Å²) in [5.74, 6) is -0.453. The maximum atomic E-state index is 14.2. The summed E-state index contributed by atoms with van der Waals surface area (Å²) in [6.07, 6.45) is 0.675. The summed E-state index contributed by atoms with van der Waals surface area (Å²) in [7, 11) is -1.77. The lowest BCUT2D eigenvalue weighted by molar-refractivity contribution is -0.385. The lowest BCUT2D eigenvalue weighted by Gasteiger charge is -2.32. The molecule has 0 aliphatic heterocycles. The van der Waals surface area contributed by atoms with Gasteiger partial charge in [0.2, 0.25) is 11.8 Å². The van der Waals surface area contributed by atoms with Crippen molar-refractivity contribution in [3.05, 3.63) is 86.9 Å². The number of aryl methyl sites for hydroxylation is 1. The number of methoxy groups -OCH3 is 2. The number of hydrogen-bond acceptors (Lipinski definition) is 8. The molecule has 2 amide bonds. The molecule has 0 bridgehead atoms. The zero-order valence-electron chi connectivity index (χ0n) is 25.1. The van der Waals surface area contributed by atoms with E-state index in [1.54, 1.807) is 31.2 Å². The Kier molecular flexibility index (Phi) is 11.5. The van der Waals surface area contributed by atoms with Crippen LogP contribution in [0.5, 0.6) is 11.5 Å². The largest absolute Gasteiger partial charge is 0.497 e. The average Bonchev–Trinajstić information content (AvgIpc) is 3.00. The van der Waals surface area contributed by atoms with Crippen LogP contribution in [0.3, 0.4) is 0 Å². The predicted octanol–water partition coefficient (Wildman–Crippen LogP) is 4.71. The number of rotatable bonds is 14. The van der Waals surface area contributed by atoms with E-state index in [0.717, 1.165) is 10.4 Å². The fraction of sp³-hybridized carbons (Fsp3) is 0.333. The summed E-state index contributed by atoms with van der Waals surface area (Å²) in [6, 6.07) is 13.6. The van der Waals surface area contributed by atoms with Gasteiger partial charge in [0.15, 0.2) is 0 Å². The highest BCUT2D eigenvalue weighted by atomic mass is 35.5. The van der Waals surface area contributed by atoms with Crippen molar-refractivity contribution in [1.29, 1.82) is 0 Å². The van der Waals surface area contributed by atoms with Crippen LogP contribution in [0.1, 0.15) is 31.4 Å². The zero-order valence-corrected chi connectivity index (χ0v) is 26.6. The molecule has 0 aromatic heterocycles. The molecular formula is C30H35ClN4O8S. The second-order valence-corrected chi connectivity index (χ2v) is 12.2. The summed E-state index contributed by atoms with van der Waals surface area (Å²) in [5, 5.41) is 14.6. The van der Waals surface area contributed by atoms with Gasteiger partial charge in [-0.25, -0.2) is 8.42 Å². The molecule has 44 heavy (non-hydrogen) atoms. The average molecular weight is 647 g/mol. The van der Waals surface area contributed by atoms with Crippen LogP contribution in [0.15, 0.2) is 65.6 Å². The van der Waals surface area contributed by atoms with Crippen LogP contribution in [-0.4, -0.2) is 63.4 Å². The van der Waals surface area contributed by atoms with Crippen molar-refractivity contribution in [1.82, 2.24) is 10.2 Å². The Morgan fingerprint density at radius 3 is 2.32 bits per heavy atom. The normalized spacial score (nSPS) is 11.8. The molecule has 3 aromatic carbocycles. The van der Waals surface area contributed by atoms with Crippen LogP contribution in [0.4, 0.5) is 11.4 Å². The van der Waals surface area contributed by atoms with Gasteiger partial charge in [0.25, 0.3) is 15.7 Å². The van der Waals surface area contributed by atoms with E-state index in [1.165, 1.54) is 56.4 Å². The minimum absolute atomic E-state index is 0.0277. The molecule has 14 heteroatoms. The van der Waals surface area contributed by atoms with Crippen molar-refractivity contribution in [2.45, 2.75) is 44.7 Å². The molecule has 0 aliphatic rings. The number of anilines is 1. The van der Waals surface area contributed by atoms with Gasteiger partial charge < -0.3 is 19.7 Å². The predicted molar refractivity (Wildman–Crippen MR) is 167 cm³/mol. The van der Waals surface area contributed by atoms with Gasteiger partial charge >= 0.3 is 0 Å². The third-order valence-electron chi connectivity index (χ3n) is 6.88. The Hall–Kier alpha value is -4.36. The van der Waals surface area contributed by atoms with Crippen LogP contribution in [0.2, 0.25) is 5.02 Å². The van der Waals surface area contributed by atoms with Gasteiger partial charge in [-0.2, -0.15) is 0 Å². The summed E-state index contributed by atoms with van der Waals surface area (Å²) in [5.41, 5.74) is 0.453. The lowest BCUT2D eigenvalue weighted by atomic mass is 10.1. The first-order chi connectivity index (χ1) is 20.8. The smallest absolute Gasteiger partial charge is 0.273 e. The number of carbonyl (C=O) groups is 2. The highest BCUT2D eigenvalue weighted by Crippen LogP contribution is 2.36. The summed E-state index contributed by atoms with van der Waals surface area (Å²) in [6.45, 7) is 4.51. The molecule has 0 saturated heterocycles. The molecule has 236 valence electrons. The van der Waals surface area contributed by atoms with E-state index in [4.69, 9.17) is 21.1 Å². The molecule has 0 aliphatic carbocycles. The van der Waals surface area contributed by atoms with Crippen molar-refractivity contribution in [2.75, 3.05) is 31.6 Å². The third-order valence-corrected chi connectivity index (χ3v) is 8.87. The molecule has 3 rings (SSSR count). The number of halogens is 1. The van der Waals surface area contributed by atoms with Crippen molar-refractivity contribution in [2.24, 2.45) is 0 Å². The van der Waals surface area contributed by atoms with Gasteiger partial charge in [0.1, 0.15) is 24.1 Å². The molecule has 1 atom stereocenters. The van der Waals surface area contributed by atoms with E-state index in [9.17, 15) is 28.1 Å². The molecular weight excluding hydrogens is 612 g/mol. The minimum atomic E-state index is -4.62. The minimum Gasteiger partial charge on any atom is -0.497 e. The number of amides is 2. The first-order valence-electron chi connectivity index (χ1n) is 13.6. The van der Waals surface area contributed by atoms with Crippen LogP contribution in [-0.2, 0) is 26.2 Å². The molecule has 1 N–H and O–H groups in total. The zero-order chi connectivity index (χ0) is 32.6. The Labute approximate surface area is 261 Å². The number of hydrogen-bond donors (Lipinski definition) is 1. The number of nitro groups is 1. The van der Waals surface area contributed by atoms with Gasteiger partial charge in [-0.1, -0.05) is 36.7 Å². The van der Waals surface area contributed by atoms with Crippen molar-refractivity contribution in [3.63, 3.8) is 0 Å². The maximum absolute atomic E-state index is 14.2. The van der Waals surface area contributed by atoms with Crippen molar-refractivity contribution >= 4 is 44.8 Å². The number of ether oxygens (including phenoxy) is 2. The number of nitrogens with one attached hydrogen (secondary N) is 1. The number of carbonyl (C=O) groups excluding carboxylic acids is 2. The number of benzene rings is 3. The Balaban J connectivity index is 2.14. The maximum Gasteiger partial charge on any atom is 0.273 e. The van der Waals surface area contributed by atoms with E-state index >= 15 is 0 Å². The van der Waals surface area contributed by atoms with E-state index in [1.807, 2.05) is 6.92 Å². The van der Waals surface area contributed by atoms with E-state index in [0.29, 0.717) is 24.3 Å². The van der Waals surface area contributed by atoms with E-state index < -0.39 is 49.9 Å². The van der Waals surface area contributed by atoms with Gasteiger partial charge in [-0.05, 0) is 62.2 Å². The first kappa shape index (κ1) is 34.1. The molecule has 3 aromatic rings. The fourth-order valence-corrected chi connectivity index (χ4v) is 5.95. The molecule has 12 nitrogen and oxygen atoms in total. The third kappa shape index (κ3) is 7.97. The topological polar surface area (TPSA) is 148 Å². The lowest BCUT2D eigenvalue weighted by Crippen LogP contribution is -2.51. The van der Waals surface area contributed by atoms with Crippen LogP contribution in [0, 0.1) is 17.0 Å². The van der Waals surface area contributed by atoms with Crippen molar-refractivity contribution < 1.29 is 32.4 Å². The number of nitrogens with zero attached hydrogens (tertiary/aromatic N) is 3. The van der Waals surface area contributed by atoms with Gasteiger partial charge in [0.05, 0.1) is 29.7 Å². The number of sulfonamides is 1. The quantitative estimate of drug-likeness (QED) is 0.196. The van der Waals surface area contributed by atoms with Crippen LogP contribution in [0.25, 0.3) is 0 Å². The second kappa shape index (κ2) is 14.9. The molecule has 0 heterocycles. The van der Waals surface area contributed by atoms with Crippen LogP contribution < -0.4 is 19.1 Å². The summed E-state index contributed by atoms with van der Waals surface area (Å²) < 4.78 is 39.7. The standard InChI is InChI=1S/C30H35ClN4O8S/c1-6-15-32-30(37)21(3)33(18-22-8-11-24(42-4)12-9-22)29(36)19-34(27-16-23(31)10-14-28(27)43-5)44(40,41)25-13-7-20(2)26(17-25)35(38)39/h7-14,16-17,21H,6,15,18-19H2,1-5H3,(H,32,37). The molecule has 0 spiro atoms. The number of nitro benzene ring substituents is 1. The van der Waals surface area contributed by atoms with E-state index in [2.05, 4.69) is 5.32 Å². The van der Waals surface area contributed by atoms with Gasteiger partial charge in [-0.3, -0.25) is 24.0 Å². The van der Waals surface area contributed by atoms with E-state index in [-0.39, 0.29) is 28.6 Å². The Morgan fingerprint density at radius 1 is 1.05 bits per heavy atom. The van der Waals surface area contributed by atoms with Gasteiger partial charge in [0, 0.05) is 29.7 Å². The molecule has 0 saturated carbocycles. The Bertz CT molecular complexity index is 1620. The first-order valence-corrected chi connectivity index (χ1v) is 15.5. The monoisotopic (exact) mass is 646 g/mol. The SMILES string of the molecule is CCCNC(=O)C(C)N(Cc1ccc(OC)cc1)C(=O)CN(c1cc(Cl)ccc1OC)S(=O)(=O)c1ccc(C)c([N+](=O)[O-])c1. The fourth-order valence-electron chi connectivity index (χ4n) is 4.35. The van der Waals surface area contributed by atoms with Gasteiger partial charge in [-0.15, -0.1) is 0 Å². The summed E-state index contributed by atoms with van der Waals surface area (Å²) in [4.78, 5) is 38.9. The van der Waals surface area contributed by atoms with Crippen LogP contribution >= 0.6 is 11.6 Å². The molecule has 1 unspecified atom stereocenters.